The summed E-state index contributed by atoms with van der Waals surface area (Å²) in [5.74, 6) is 0.467. The molecule has 62 valence electrons. The zero-order valence-electron chi connectivity index (χ0n) is 6.97. The molecular formula is C9H15NO. The summed E-state index contributed by atoms with van der Waals surface area (Å²) in [6, 6.07) is 0. The number of nitrogens with one attached hydrogen (secondary N) is 1. The molecule has 0 saturated carbocycles. The highest BCUT2D eigenvalue weighted by Gasteiger charge is 2.19. The van der Waals surface area contributed by atoms with Crippen LogP contribution in [0.1, 0.15) is 26.2 Å². The van der Waals surface area contributed by atoms with E-state index in [0.717, 1.165) is 25.8 Å². The molecule has 1 aliphatic heterocycles. The molecule has 1 unspecified atom stereocenters. The molecule has 0 aromatic carbocycles. The Balaban J connectivity index is 2.35. The Hall–Kier alpha value is -0.790. The molecule has 1 rings (SSSR count). The predicted molar refractivity (Wildman–Crippen MR) is 45.2 cm³/mol. The summed E-state index contributed by atoms with van der Waals surface area (Å²) in [7, 11) is 0. The fraction of sp³-hybridized carbons (Fsp3) is 0.667. The van der Waals surface area contributed by atoms with Gasteiger partial charge in [0, 0.05) is 12.5 Å². The van der Waals surface area contributed by atoms with Gasteiger partial charge in [-0.3, -0.25) is 4.79 Å². The molecule has 1 heterocycles. The topological polar surface area (TPSA) is 29.1 Å². The summed E-state index contributed by atoms with van der Waals surface area (Å²) in [5.41, 5.74) is 0. The van der Waals surface area contributed by atoms with Crippen molar-refractivity contribution in [1.82, 2.24) is 5.32 Å². The lowest BCUT2D eigenvalue weighted by Crippen LogP contribution is -2.36. The second kappa shape index (κ2) is 4.16. The first-order chi connectivity index (χ1) is 5.34. The Kier molecular flexibility index (Phi) is 3.14. The van der Waals surface area contributed by atoms with Gasteiger partial charge in [-0.2, -0.15) is 0 Å². The Bertz CT molecular complexity index is 163. The normalized spacial score (nSPS) is 25.5. The van der Waals surface area contributed by atoms with E-state index in [-0.39, 0.29) is 11.8 Å². The second-order valence-electron chi connectivity index (χ2n) is 2.93. The van der Waals surface area contributed by atoms with E-state index < -0.39 is 0 Å². The molecule has 11 heavy (non-hydrogen) atoms. The van der Waals surface area contributed by atoms with Gasteiger partial charge in [0.25, 0.3) is 0 Å². The summed E-state index contributed by atoms with van der Waals surface area (Å²) in [4.78, 5) is 11.2. The van der Waals surface area contributed by atoms with Crippen LogP contribution in [0.4, 0.5) is 0 Å². The number of hydrogen-bond acceptors (Lipinski definition) is 1. The monoisotopic (exact) mass is 153 g/mol. The molecule has 0 aromatic rings. The Morgan fingerprint density at radius 2 is 2.55 bits per heavy atom. The highest BCUT2D eigenvalue weighted by Crippen LogP contribution is 2.15. The molecule has 0 spiro atoms. The van der Waals surface area contributed by atoms with Crippen molar-refractivity contribution in [2.24, 2.45) is 5.92 Å². The van der Waals surface area contributed by atoms with Gasteiger partial charge in [0.15, 0.2) is 0 Å². The van der Waals surface area contributed by atoms with E-state index in [2.05, 4.69) is 11.4 Å². The average molecular weight is 153 g/mol. The minimum atomic E-state index is 0.231. The molecule has 0 radical (unpaired) electrons. The molecular weight excluding hydrogens is 138 g/mol. The van der Waals surface area contributed by atoms with Gasteiger partial charge in [0.2, 0.25) is 5.91 Å². The van der Waals surface area contributed by atoms with Gasteiger partial charge < -0.3 is 5.32 Å². The summed E-state index contributed by atoms with van der Waals surface area (Å²) < 4.78 is 0. The minimum absolute atomic E-state index is 0.231. The van der Waals surface area contributed by atoms with Crippen LogP contribution in [-0.2, 0) is 4.79 Å². The van der Waals surface area contributed by atoms with E-state index in [4.69, 9.17) is 0 Å². The Morgan fingerprint density at radius 1 is 1.73 bits per heavy atom. The summed E-state index contributed by atoms with van der Waals surface area (Å²) in [5, 5.41) is 2.87. The van der Waals surface area contributed by atoms with Crippen molar-refractivity contribution < 1.29 is 4.79 Å². The van der Waals surface area contributed by atoms with Gasteiger partial charge in [-0.25, -0.2) is 0 Å². The zero-order chi connectivity index (χ0) is 8.10. The van der Waals surface area contributed by atoms with E-state index in [1.54, 1.807) is 0 Å². The molecule has 0 bridgehead atoms. The predicted octanol–water partition coefficient (Wildman–Crippen LogP) is 1.48. The van der Waals surface area contributed by atoms with Gasteiger partial charge in [0.1, 0.15) is 0 Å². The fourth-order valence-corrected chi connectivity index (χ4v) is 1.36. The largest absolute Gasteiger partial charge is 0.356 e. The van der Waals surface area contributed by atoms with Crippen LogP contribution in [-0.4, -0.2) is 12.5 Å². The molecule has 2 nitrogen and oxygen atoms in total. The van der Waals surface area contributed by atoms with E-state index in [0.29, 0.717) is 0 Å². The zero-order valence-corrected chi connectivity index (χ0v) is 6.97. The number of amides is 1. The highest BCUT2D eigenvalue weighted by atomic mass is 16.1. The van der Waals surface area contributed by atoms with E-state index in [1.807, 2.05) is 13.0 Å². The Labute approximate surface area is 67.7 Å². The standard InChI is InChI=1S/C9H15NO/c1-2-3-5-8-6-4-7-10-9(8)11/h2-3,8H,4-7H2,1H3,(H,10,11). The second-order valence-corrected chi connectivity index (χ2v) is 2.93. The molecule has 1 N–H and O–H groups in total. The van der Waals surface area contributed by atoms with Gasteiger partial charge in [-0.15, -0.1) is 0 Å². The summed E-state index contributed by atoms with van der Waals surface area (Å²) >= 11 is 0. The van der Waals surface area contributed by atoms with Crippen LogP contribution in [0.2, 0.25) is 0 Å². The van der Waals surface area contributed by atoms with Crippen molar-refractivity contribution >= 4 is 5.91 Å². The fourth-order valence-electron chi connectivity index (χ4n) is 1.36. The third-order valence-corrected chi connectivity index (χ3v) is 2.06. The van der Waals surface area contributed by atoms with Crippen molar-refractivity contribution in [3.63, 3.8) is 0 Å². The third kappa shape index (κ3) is 2.37. The van der Waals surface area contributed by atoms with Crippen LogP contribution in [0.5, 0.6) is 0 Å². The van der Waals surface area contributed by atoms with Crippen molar-refractivity contribution in [3.8, 4) is 0 Å². The lowest BCUT2D eigenvalue weighted by molar-refractivity contribution is -0.126. The van der Waals surface area contributed by atoms with E-state index in [9.17, 15) is 4.79 Å². The smallest absolute Gasteiger partial charge is 0.223 e. The number of hydrogen-bond donors (Lipinski definition) is 1. The van der Waals surface area contributed by atoms with Crippen LogP contribution in [0, 0.1) is 5.92 Å². The first kappa shape index (κ1) is 8.31. The first-order valence-corrected chi connectivity index (χ1v) is 4.23. The maximum Gasteiger partial charge on any atom is 0.223 e. The quantitative estimate of drug-likeness (QED) is 0.598. The Morgan fingerprint density at radius 3 is 3.18 bits per heavy atom. The van der Waals surface area contributed by atoms with Crippen molar-refractivity contribution in [2.75, 3.05) is 6.54 Å². The molecule has 1 atom stereocenters. The van der Waals surface area contributed by atoms with E-state index in [1.165, 1.54) is 0 Å². The highest BCUT2D eigenvalue weighted by molar-refractivity contribution is 5.79. The third-order valence-electron chi connectivity index (χ3n) is 2.06. The maximum absolute atomic E-state index is 11.2. The number of piperidine rings is 1. The van der Waals surface area contributed by atoms with Crippen LogP contribution in [0.15, 0.2) is 12.2 Å². The van der Waals surface area contributed by atoms with Gasteiger partial charge >= 0.3 is 0 Å². The van der Waals surface area contributed by atoms with Crippen molar-refractivity contribution in [3.05, 3.63) is 12.2 Å². The molecule has 1 fully saturated rings. The average Bonchev–Trinajstić information content (AvgIpc) is 2.03. The molecule has 0 aromatic heterocycles. The van der Waals surface area contributed by atoms with Crippen molar-refractivity contribution in [2.45, 2.75) is 26.2 Å². The SMILES string of the molecule is CC=CCC1CCCNC1=O. The lowest BCUT2D eigenvalue weighted by Gasteiger charge is -2.20. The van der Waals surface area contributed by atoms with Crippen LogP contribution in [0.25, 0.3) is 0 Å². The molecule has 2 heteroatoms. The van der Waals surface area contributed by atoms with Gasteiger partial charge in [-0.05, 0) is 26.2 Å². The van der Waals surface area contributed by atoms with E-state index >= 15 is 0 Å². The molecule has 1 aliphatic rings. The molecule has 1 saturated heterocycles. The van der Waals surface area contributed by atoms with Crippen LogP contribution >= 0.6 is 0 Å². The first-order valence-electron chi connectivity index (χ1n) is 4.23. The summed E-state index contributed by atoms with van der Waals surface area (Å²) in [6.45, 7) is 2.85. The number of carbonyl (C=O) groups excluding carboxylic acids is 1. The van der Waals surface area contributed by atoms with Crippen molar-refractivity contribution in [1.29, 1.82) is 0 Å². The van der Waals surface area contributed by atoms with Crippen LogP contribution in [0.3, 0.4) is 0 Å². The summed E-state index contributed by atoms with van der Waals surface area (Å²) in [6.07, 6.45) is 7.16. The molecule has 1 amide bonds. The number of allylic oxidation sites excluding steroid dienone is 2. The molecule has 0 aliphatic carbocycles. The maximum atomic E-state index is 11.2. The number of carbonyl (C=O) groups is 1. The minimum Gasteiger partial charge on any atom is -0.356 e. The van der Waals surface area contributed by atoms with Crippen LogP contribution < -0.4 is 5.32 Å². The number of rotatable bonds is 2. The van der Waals surface area contributed by atoms with Gasteiger partial charge in [0.05, 0.1) is 0 Å². The lowest BCUT2D eigenvalue weighted by atomic mass is 9.95. The van der Waals surface area contributed by atoms with Gasteiger partial charge in [-0.1, -0.05) is 12.2 Å².